The second kappa shape index (κ2) is 7.43. The van der Waals surface area contributed by atoms with Crippen molar-refractivity contribution < 1.29 is 14.6 Å². The highest BCUT2D eigenvalue weighted by Crippen LogP contribution is 2.34. The molecule has 0 aliphatic carbocycles. The number of carbonyl (C=O) groups excluding carboxylic acids is 1. The van der Waals surface area contributed by atoms with Crippen molar-refractivity contribution in [3.63, 3.8) is 0 Å². The summed E-state index contributed by atoms with van der Waals surface area (Å²) in [6, 6.07) is 6.31. The van der Waals surface area contributed by atoms with Crippen LogP contribution in [0.3, 0.4) is 0 Å². The number of nitrogens with one attached hydrogen (secondary N) is 1. The van der Waals surface area contributed by atoms with Crippen LogP contribution in [0.1, 0.15) is 37.3 Å². The number of piperidine rings is 1. The fourth-order valence-electron chi connectivity index (χ4n) is 3.63. The maximum absolute atomic E-state index is 12.3. The molecule has 0 aromatic heterocycles. The zero-order valence-corrected chi connectivity index (χ0v) is 14.5. The van der Waals surface area contributed by atoms with Crippen LogP contribution in [0.2, 0.25) is 0 Å². The molecule has 0 unspecified atom stereocenters. The number of likely N-dealkylation sites (tertiary alicyclic amines) is 1. The molecule has 2 aliphatic heterocycles. The van der Waals surface area contributed by atoms with Gasteiger partial charge in [0.05, 0.1) is 6.61 Å². The van der Waals surface area contributed by atoms with Gasteiger partial charge in [-0.3, -0.25) is 0 Å². The first kappa shape index (κ1) is 17.1. The maximum atomic E-state index is 12.3. The number of aliphatic hydroxyl groups excluding tert-OH is 1. The molecule has 1 fully saturated rings. The Kier molecular flexibility index (Phi) is 5.29. The van der Waals surface area contributed by atoms with Crippen LogP contribution >= 0.6 is 0 Å². The zero-order chi connectivity index (χ0) is 17.0. The van der Waals surface area contributed by atoms with Gasteiger partial charge in [-0.15, -0.1) is 0 Å². The third kappa shape index (κ3) is 3.66. The van der Waals surface area contributed by atoms with Crippen molar-refractivity contribution in [1.29, 1.82) is 0 Å². The van der Waals surface area contributed by atoms with E-state index in [4.69, 9.17) is 4.74 Å². The van der Waals surface area contributed by atoms with Gasteiger partial charge in [-0.25, -0.2) is 4.79 Å². The van der Waals surface area contributed by atoms with Crippen molar-refractivity contribution in [2.24, 2.45) is 5.41 Å². The summed E-state index contributed by atoms with van der Waals surface area (Å²) in [6.07, 6.45) is 4.56. The first-order valence-electron chi connectivity index (χ1n) is 9.04. The summed E-state index contributed by atoms with van der Waals surface area (Å²) in [6.45, 7) is 5.23. The molecule has 3 rings (SSSR count). The molecule has 0 spiro atoms. The number of hydrogen-bond donors (Lipinski definition) is 2. The van der Waals surface area contributed by atoms with E-state index in [9.17, 15) is 9.90 Å². The Morgan fingerprint density at radius 2 is 2.17 bits per heavy atom. The minimum absolute atomic E-state index is 0.0159. The molecular formula is C19H28N2O3. The molecule has 2 amide bonds. The van der Waals surface area contributed by atoms with E-state index >= 15 is 0 Å². The molecule has 1 saturated heterocycles. The lowest BCUT2D eigenvalue weighted by Crippen LogP contribution is -2.48. The summed E-state index contributed by atoms with van der Waals surface area (Å²) >= 11 is 0. The number of fused-ring (bicyclic) bond motifs is 1. The second-order valence-electron chi connectivity index (χ2n) is 7.02. The van der Waals surface area contributed by atoms with Crippen molar-refractivity contribution in [3.05, 3.63) is 29.3 Å². The molecule has 5 nitrogen and oxygen atoms in total. The minimum atomic E-state index is 0.0159. The van der Waals surface area contributed by atoms with Gasteiger partial charge in [-0.2, -0.15) is 0 Å². The average Bonchev–Trinajstić information content (AvgIpc) is 3.09. The van der Waals surface area contributed by atoms with E-state index in [0.717, 1.165) is 57.6 Å². The number of hydrogen-bond acceptors (Lipinski definition) is 3. The SMILES string of the molecule is CCC1(CO)CCN(C(=O)NCCc2ccc3c(c2)CCO3)CC1. The summed E-state index contributed by atoms with van der Waals surface area (Å²) in [5, 5.41) is 12.6. The Hall–Kier alpha value is -1.75. The molecule has 0 saturated carbocycles. The molecule has 132 valence electrons. The van der Waals surface area contributed by atoms with Crippen LogP contribution in [0.25, 0.3) is 0 Å². The maximum Gasteiger partial charge on any atom is 0.317 e. The summed E-state index contributed by atoms with van der Waals surface area (Å²) in [5.74, 6) is 0.999. The minimum Gasteiger partial charge on any atom is -0.493 e. The molecule has 5 heteroatoms. The van der Waals surface area contributed by atoms with Gasteiger partial charge in [-0.05, 0) is 48.3 Å². The first-order chi connectivity index (χ1) is 11.7. The fourth-order valence-corrected chi connectivity index (χ4v) is 3.63. The van der Waals surface area contributed by atoms with Gasteiger partial charge in [0, 0.05) is 32.7 Å². The van der Waals surface area contributed by atoms with E-state index in [-0.39, 0.29) is 18.1 Å². The summed E-state index contributed by atoms with van der Waals surface area (Å²) in [5.41, 5.74) is 2.53. The largest absolute Gasteiger partial charge is 0.493 e. The Morgan fingerprint density at radius 3 is 2.88 bits per heavy atom. The molecule has 0 bridgehead atoms. The molecule has 1 aromatic rings. The number of ether oxygens (including phenoxy) is 1. The standard InChI is InChI=1S/C19H28N2O3/c1-2-19(14-22)7-10-21(11-8-19)18(23)20-9-5-15-3-4-17-16(13-15)6-12-24-17/h3-4,13,22H,2,5-12,14H2,1H3,(H,20,23). The summed E-state index contributed by atoms with van der Waals surface area (Å²) in [7, 11) is 0. The summed E-state index contributed by atoms with van der Waals surface area (Å²) < 4.78 is 5.52. The second-order valence-corrected chi connectivity index (χ2v) is 7.02. The van der Waals surface area contributed by atoms with Crippen LogP contribution in [0.4, 0.5) is 4.79 Å². The van der Waals surface area contributed by atoms with Crippen molar-refractivity contribution in [1.82, 2.24) is 10.2 Å². The van der Waals surface area contributed by atoms with Crippen LogP contribution in [0.5, 0.6) is 5.75 Å². The van der Waals surface area contributed by atoms with Gasteiger partial charge in [0.1, 0.15) is 5.75 Å². The van der Waals surface area contributed by atoms with Gasteiger partial charge < -0.3 is 20.1 Å². The molecule has 2 aliphatic rings. The van der Waals surface area contributed by atoms with E-state index < -0.39 is 0 Å². The average molecular weight is 332 g/mol. The van der Waals surface area contributed by atoms with E-state index in [2.05, 4.69) is 24.4 Å². The van der Waals surface area contributed by atoms with Gasteiger partial charge in [-0.1, -0.05) is 19.1 Å². The van der Waals surface area contributed by atoms with Crippen LogP contribution in [0, 0.1) is 5.41 Å². The Bertz CT molecular complexity index is 574. The quantitative estimate of drug-likeness (QED) is 0.870. The predicted octanol–water partition coefficient (Wildman–Crippen LogP) is 2.36. The number of urea groups is 1. The van der Waals surface area contributed by atoms with E-state index in [1.165, 1.54) is 11.1 Å². The van der Waals surface area contributed by atoms with Gasteiger partial charge in [0.15, 0.2) is 0 Å². The monoisotopic (exact) mass is 332 g/mol. The third-order valence-electron chi connectivity index (χ3n) is 5.64. The van der Waals surface area contributed by atoms with Crippen molar-refractivity contribution in [3.8, 4) is 5.75 Å². The lowest BCUT2D eigenvalue weighted by molar-refractivity contribution is 0.0520. The zero-order valence-electron chi connectivity index (χ0n) is 14.5. The Morgan fingerprint density at radius 1 is 1.38 bits per heavy atom. The van der Waals surface area contributed by atoms with Gasteiger partial charge in [0.2, 0.25) is 0 Å². The first-order valence-corrected chi connectivity index (χ1v) is 9.04. The Labute approximate surface area is 144 Å². The van der Waals surface area contributed by atoms with Gasteiger partial charge in [0.25, 0.3) is 0 Å². The van der Waals surface area contributed by atoms with Crippen LogP contribution < -0.4 is 10.1 Å². The van der Waals surface area contributed by atoms with Crippen molar-refractivity contribution in [2.75, 3.05) is 32.8 Å². The summed E-state index contributed by atoms with van der Waals surface area (Å²) in [4.78, 5) is 14.2. The van der Waals surface area contributed by atoms with Crippen LogP contribution in [-0.4, -0.2) is 48.9 Å². The van der Waals surface area contributed by atoms with Crippen molar-refractivity contribution in [2.45, 2.75) is 39.0 Å². The van der Waals surface area contributed by atoms with Crippen LogP contribution in [0.15, 0.2) is 18.2 Å². The number of benzene rings is 1. The normalized spacial score (nSPS) is 18.8. The number of nitrogens with zero attached hydrogens (tertiary/aromatic N) is 1. The number of aliphatic hydroxyl groups is 1. The number of rotatable bonds is 5. The highest BCUT2D eigenvalue weighted by atomic mass is 16.5. The molecule has 2 N–H and O–H groups in total. The highest BCUT2D eigenvalue weighted by Gasteiger charge is 2.33. The van der Waals surface area contributed by atoms with Crippen LogP contribution in [-0.2, 0) is 12.8 Å². The molecular weight excluding hydrogens is 304 g/mol. The van der Waals surface area contributed by atoms with Crippen molar-refractivity contribution >= 4 is 6.03 Å². The fraction of sp³-hybridized carbons (Fsp3) is 0.632. The van der Waals surface area contributed by atoms with E-state index in [1.807, 2.05) is 11.0 Å². The molecule has 24 heavy (non-hydrogen) atoms. The molecule has 0 radical (unpaired) electrons. The predicted molar refractivity (Wildman–Crippen MR) is 93.4 cm³/mol. The topological polar surface area (TPSA) is 61.8 Å². The highest BCUT2D eigenvalue weighted by molar-refractivity contribution is 5.74. The molecule has 1 aromatic carbocycles. The van der Waals surface area contributed by atoms with Gasteiger partial charge >= 0.3 is 6.03 Å². The molecule has 0 atom stereocenters. The molecule has 2 heterocycles. The lowest BCUT2D eigenvalue weighted by Gasteiger charge is -2.40. The van der Waals surface area contributed by atoms with E-state index in [1.54, 1.807) is 0 Å². The van der Waals surface area contributed by atoms with E-state index in [0.29, 0.717) is 6.54 Å². The smallest absolute Gasteiger partial charge is 0.317 e. The number of carbonyl (C=O) groups is 1. The lowest BCUT2D eigenvalue weighted by atomic mass is 9.77. The number of amides is 2. The third-order valence-corrected chi connectivity index (χ3v) is 5.64. The Balaban J connectivity index is 1.43.